The van der Waals surface area contributed by atoms with E-state index in [4.69, 9.17) is 11.1 Å². The largest absolute Gasteiger partial charge is 0.384 e. The average molecular weight is 231 g/mol. The van der Waals surface area contributed by atoms with E-state index in [2.05, 4.69) is 30.9 Å². The minimum Gasteiger partial charge on any atom is -0.384 e. The zero-order chi connectivity index (χ0) is 12.5. The van der Waals surface area contributed by atoms with E-state index in [-0.39, 0.29) is 5.84 Å². The number of nitrogen functional groups attached to an aromatic ring is 1. The fourth-order valence-corrected chi connectivity index (χ4v) is 2.41. The molecule has 0 bridgehead atoms. The number of benzene rings is 1. The molecule has 0 saturated carbocycles. The first-order chi connectivity index (χ1) is 7.96. The van der Waals surface area contributed by atoms with Gasteiger partial charge in [-0.1, -0.05) is 38.1 Å². The van der Waals surface area contributed by atoms with Crippen LogP contribution < -0.4 is 5.73 Å². The third-order valence-corrected chi connectivity index (χ3v) is 3.43. The molecule has 1 aromatic carbocycles. The molecule has 1 fully saturated rings. The summed E-state index contributed by atoms with van der Waals surface area (Å²) in [7, 11) is 0. The molecule has 3 nitrogen and oxygen atoms in total. The molecule has 3 heteroatoms. The predicted molar refractivity (Wildman–Crippen MR) is 71.1 cm³/mol. The van der Waals surface area contributed by atoms with Gasteiger partial charge in [-0.15, -0.1) is 0 Å². The van der Waals surface area contributed by atoms with Gasteiger partial charge >= 0.3 is 0 Å². The van der Waals surface area contributed by atoms with Gasteiger partial charge < -0.3 is 5.73 Å². The highest BCUT2D eigenvalue weighted by Gasteiger charge is 2.28. The van der Waals surface area contributed by atoms with Crippen molar-refractivity contribution in [3.05, 3.63) is 35.4 Å². The van der Waals surface area contributed by atoms with Crippen LogP contribution in [-0.4, -0.2) is 23.8 Å². The Balaban J connectivity index is 1.98. The van der Waals surface area contributed by atoms with Crippen LogP contribution >= 0.6 is 0 Å². The van der Waals surface area contributed by atoms with Crippen LogP contribution in [0.15, 0.2) is 24.3 Å². The van der Waals surface area contributed by atoms with Crippen LogP contribution in [0.25, 0.3) is 0 Å². The molecule has 0 radical (unpaired) electrons. The Hall–Kier alpha value is -1.35. The van der Waals surface area contributed by atoms with Crippen LogP contribution in [0.3, 0.4) is 0 Å². The number of hydrogen-bond acceptors (Lipinski definition) is 2. The number of nitrogens with zero attached hydrogens (tertiary/aromatic N) is 1. The lowest BCUT2D eigenvalue weighted by Gasteiger charge is -2.19. The quantitative estimate of drug-likeness (QED) is 0.619. The molecule has 0 amide bonds. The lowest BCUT2D eigenvalue weighted by molar-refractivity contribution is 0.284. The normalized spacial score (nSPS) is 19.4. The molecule has 17 heavy (non-hydrogen) atoms. The topological polar surface area (TPSA) is 53.1 Å². The first-order valence-electron chi connectivity index (χ1n) is 6.12. The van der Waals surface area contributed by atoms with E-state index in [0.29, 0.717) is 5.41 Å². The van der Waals surface area contributed by atoms with Crippen molar-refractivity contribution in [3.63, 3.8) is 0 Å². The summed E-state index contributed by atoms with van der Waals surface area (Å²) in [4.78, 5) is 2.49. The minimum absolute atomic E-state index is 0.138. The summed E-state index contributed by atoms with van der Waals surface area (Å²) in [5.74, 6) is 0.138. The molecule has 0 unspecified atom stereocenters. The fourth-order valence-electron chi connectivity index (χ4n) is 2.41. The number of hydrogen-bond donors (Lipinski definition) is 2. The van der Waals surface area contributed by atoms with Gasteiger partial charge in [-0.3, -0.25) is 10.3 Å². The first kappa shape index (κ1) is 12.1. The zero-order valence-corrected chi connectivity index (χ0v) is 10.7. The second kappa shape index (κ2) is 4.49. The summed E-state index contributed by atoms with van der Waals surface area (Å²) in [5.41, 5.74) is 7.99. The average Bonchev–Trinajstić information content (AvgIpc) is 2.59. The van der Waals surface area contributed by atoms with Crippen molar-refractivity contribution in [1.82, 2.24) is 4.90 Å². The van der Waals surface area contributed by atoms with Crippen molar-refractivity contribution in [2.75, 3.05) is 13.1 Å². The maximum Gasteiger partial charge on any atom is 0.122 e. The second-order valence-electron chi connectivity index (χ2n) is 5.74. The standard InChI is InChI=1S/C14H21N3/c1-14(2)7-8-17(10-14)9-11-3-5-12(6-4-11)13(15)16/h3-6H,7-10H2,1-2H3,(H3,15,16). The summed E-state index contributed by atoms with van der Waals surface area (Å²) in [6.07, 6.45) is 1.28. The van der Waals surface area contributed by atoms with Crippen molar-refractivity contribution >= 4 is 5.84 Å². The first-order valence-corrected chi connectivity index (χ1v) is 6.12. The molecule has 2 rings (SSSR count). The summed E-state index contributed by atoms with van der Waals surface area (Å²) in [5, 5.41) is 7.35. The molecule has 0 atom stereocenters. The maximum atomic E-state index is 7.35. The van der Waals surface area contributed by atoms with Crippen LogP contribution in [0.4, 0.5) is 0 Å². The Bertz CT molecular complexity index is 406. The molecule has 3 N–H and O–H groups in total. The van der Waals surface area contributed by atoms with Crippen molar-refractivity contribution in [1.29, 1.82) is 5.41 Å². The number of rotatable bonds is 3. The predicted octanol–water partition coefficient (Wildman–Crippen LogP) is 2.20. The highest BCUT2D eigenvalue weighted by Crippen LogP contribution is 2.29. The summed E-state index contributed by atoms with van der Waals surface area (Å²) >= 11 is 0. The molecule has 92 valence electrons. The number of likely N-dealkylation sites (tertiary alicyclic amines) is 1. The van der Waals surface area contributed by atoms with Crippen LogP contribution in [0.1, 0.15) is 31.4 Å². The van der Waals surface area contributed by atoms with Gasteiger partial charge in [0.15, 0.2) is 0 Å². The van der Waals surface area contributed by atoms with Gasteiger partial charge in [0, 0.05) is 18.7 Å². The molecule has 0 spiro atoms. The summed E-state index contributed by atoms with van der Waals surface area (Å²) in [6, 6.07) is 8.00. The maximum absolute atomic E-state index is 7.35. The highest BCUT2D eigenvalue weighted by atomic mass is 15.1. The van der Waals surface area contributed by atoms with E-state index in [1.54, 1.807) is 0 Å². The van der Waals surface area contributed by atoms with Gasteiger partial charge in [-0.25, -0.2) is 0 Å². The Labute approximate surface area is 103 Å². The third-order valence-electron chi connectivity index (χ3n) is 3.43. The Morgan fingerprint density at radius 3 is 2.47 bits per heavy atom. The molecular weight excluding hydrogens is 210 g/mol. The smallest absolute Gasteiger partial charge is 0.122 e. The van der Waals surface area contributed by atoms with Gasteiger partial charge in [-0.2, -0.15) is 0 Å². The molecule has 1 aliphatic rings. The van der Waals surface area contributed by atoms with E-state index in [1.165, 1.54) is 25.1 Å². The molecule has 0 aliphatic carbocycles. The molecule has 1 heterocycles. The molecular formula is C14H21N3. The van der Waals surface area contributed by atoms with Crippen molar-refractivity contribution < 1.29 is 0 Å². The van der Waals surface area contributed by atoms with Crippen LogP contribution in [-0.2, 0) is 6.54 Å². The van der Waals surface area contributed by atoms with Gasteiger partial charge in [0.05, 0.1) is 0 Å². The number of amidine groups is 1. The second-order valence-corrected chi connectivity index (χ2v) is 5.74. The summed E-state index contributed by atoms with van der Waals surface area (Å²) in [6.45, 7) is 8.00. The number of nitrogens with one attached hydrogen (secondary N) is 1. The molecule has 1 aliphatic heterocycles. The van der Waals surface area contributed by atoms with Gasteiger partial charge in [0.1, 0.15) is 5.84 Å². The van der Waals surface area contributed by atoms with Crippen molar-refractivity contribution in [2.24, 2.45) is 11.1 Å². The highest BCUT2D eigenvalue weighted by molar-refractivity contribution is 5.94. The zero-order valence-electron chi connectivity index (χ0n) is 10.7. The van der Waals surface area contributed by atoms with Crippen molar-refractivity contribution in [3.8, 4) is 0 Å². The Morgan fingerprint density at radius 2 is 2.00 bits per heavy atom. The van der Waals surface area contributed by atoms with Crippen LogP contribution in [0.5, 0.6) is 0 Å². The van der Waals surface area contributed by atoms with Crippen molar-refractivity contribution in [2.45, 2.75) is 26.8 Å². The van der Waals surface area contributed by atoms with E-state index in [1.807, 2.05) is 12.1 Å². The van der Waals surface area contributed by atoms with Crippen LogP contribution in [0.2, 0.25) is 0 Å². The van der Waals surface area contributed by atoms with Gasteiger partial charge in [0.2, 0.25) is 0 Å². The lowest BCUT2D eigenvalue weighted by Crippen LogP contribution is -2.22. The van der Waals surface area contributed by atoms with Gasteiger partial charge in [0.25, 0.3) is 0 Å². The van der Waals surface area contributed by atoms with E-state index in [0.717, 1.165) is 12.1 Å². The Morgan fingerprint density at radius 1 is 1.35 bits per heavy atom. The fraction of sp³-hybridized carbons (Fsp3) is 0.500. The van der Waals surface area contributed by atoms with E-state index < -0.39 is 0 Å². The monoisotopic (exact) mass is 231 g/mol. The van der Waals surface area contributed by atoms with Crippen LogP contribution in [0, 0.1) is 10.8 Å². The molecule has 1 saturated heterocycles. The van der Waals surface area contributed by atoms with Gasteiger partial charge in [-0.05, 0) is 23.9 Å². The van der Waals surface area contributed by atoms with E-state index >= 15 is 0 Å². The molecule has 0 aromatic heterocycles. The molecule has 1 aromatic rings. The Kier molecular flexibility index (Phi) is 3.20. The minimum atomic E-state index is 0.138. The third kappa shape index (κ3) is 3.07. The number of nitrogens with two attached hydrogens (primary N) is 1. The summed E-state index contributed by atoms with van der Waals surface area (Å²) < 4.78 is 0. The lowest BCUT2D eigenvalue weighted by atomic mass is 9.93. The SMILES string of the molecule is CC1(C)CCN(Cc2ccc(C(=N)N)cc2)C1. The van der Waals surface area contributed by atoms with E-state index in [9.17, 15) is 0 Å².